The quantitative estimate of drug-likeness (QED) is 0.859. The summed E-state index contributed by atoms with van der Waals surface area (Å²) in [6.07, 6.45) is 1.64. The van der Waals surface area contributed by atoms with Gasteiger partial charge in [0.05, 0.1) is 18.8 Å². The number of amides is 1. The number of anilines is 1. The summed E-state index contributed by atoms with van der Waals surface area (Å²) in [4.78, 5) is 21.0. The van der Waals surface area contributed by atoms with Crippen molar-refractivity contribution < 1.29 is 9.53 Å². The van der Waals surface area contributed by atoms with Gasteiger partial charge in [-0.2, -0.15) is 0 Å². The second-order valence-electron chi connectivity index (χ2n) is 6.74. The van der Waals surface area contributed by atoms with E-state index in [-0.39, 0.29) is 5.91 Å². The molecule has 0 unspecified atom stereocenters. The molecule has 6 nitrogen and oxygen atoms in total. The van der Waals surface area contributed by atoms with Crippen molar-refractivity contribution in [3.63, 3.8) is 0 Å². The van der Waals surface area contributed by atoms with E-state index in [9.17, 15) is 4.79 Å². The van der Waals surface area contributed by atoms with Crippen molar-refractivity contribution in [1.29, 1.82) is 0 Å². The highest BCUT2D eigenvalue weighted by Gasteiger charge is 2.13. The van der Waals surface area contributed by atoms with Gasteiger partial charge in [0.15, 0.2) is 0 Å². The molecule has 1 aromatic heterocycles. The summed E-state index contributed by atoms with van der Waals surface area (Å²) in [5.41, 5.74) is 2.91. The molecule has 2 aromatic rings. The van der Waals surface area contributed by atoms with Crippen molar-refractivity contribution >= 4 is 11.7 Å². The minimum absolute atomic E-state index is 0.108. The minimum Gasteiger partial charge on any atom is -0.378 e. The Bertz CT molecular complexity index is 708. The van der Waals surface area contributed by atoms with Gasteiger partial charge in [-0.25, -0.2) is 4.98 Å². The molecule has 6 heteroatoms. The predicted molar refractivity (Wildman–Crippen MR) is 102 cm³/mol. The lowest BCUT2D eigenvalue weighted by atomic mass is 10.1. The van der Waals surface area contributed by atoms with E-state index in [2.05, 4.69) is 44.4 Å². The fourth-order valence-corrected chi connectivity index (χ4v) is 2.91. The lowest BCUT2D eigenvalue weighted by Crippen LogP contribution is -2.36. The third kappa shape index (κ3) is 5.03. The Morgan fingerprint density at radius 1 is 1.12 bits per heavy atom. The average molecular weight is 354 g/mol. The molecule has 1 saturated heterocycles. The summed E-state index contributed by atoms with van der Waals surface area (Å²) in [7, 11) is 4.10. The van der Waals surface area contributed by atoms with Crippen LogP contribution in [0.1, 0.15) is 21.5 Å². The van der Waals surface area contributed by atoms with Gasteiger partial charge in [0.25, 0.3) is 5.91 Å². The zero-order valence-electron chi connectivity index (χ0n) is 15.4. The van der Waals surface area contributed by atoms with E-state index in [1.54, 1.807) is 6.20 Å². The summed E-state index contributed by atoms with van der Waals surface area (Å²) in [5, 5.41) is 2.95. The molecular formula is C20H26N4O2. The van der Waals surface area contributed by atoms with Crippen LogP contribution in [0.25, 0.3) is 0 Å². The second kappa shape index (κ2) is 8.78. The Morgan fingerprint density at radius 2 is 1.81 bits per heavy atom. The van der Waals surface area contributed by atoms with E-state index < -0.39 is 0 Å². The highest BCUT2D eigenvalue weighted by atomic mass is 16.5. The molecule has 1 aliphatic heterocycles. The molecule has 1 N–H and O–H groups in total. The van der Waals surface area contributed by atoms with E-state index >= 15 is 0 Å². The van der Waals surface area contributed by atoms with Gasteiger partial charge in [0.2, 0.25) is 0 Å². The predicted octanol–water partition coefficient (Wildman–Crippen LogP) is 1.91. The van der Waals surface area contributed by atoms with Crippen molar-refractivity contribution in [3.05, 3.63) is 59.3 Å². The Balaban J connectivity index is 1.53. The zero-order valence-corrected chi connectivity index (χ0v) is 15.4. The number of nitrogens with zero attached hydrogens (tertiary/aromatic N) is 3. The maximum atomic E-state index is 12.3. The lowest BCUT2D eigenvalue weighted by molar-refractivity contribution is 0.0950. The van der Waals surface area contributed by atoms with Crippen LogP contribution in [0.5, 0.6) is 0 Å². The number of morpholine rings is 1. The van der Waals surface area contributed by atoms with Crippen LogP contribution in [0.4, 0.5) is 5.82 Å². The van der Waals surface area contributed by atoms with Crippen LogP contribution in [-0.4, -0.2) is 56.2 Å². The van der Waals surface area contributed by atoms with E-state index in [4.69, 9.17) is 4.74 Å². The molecule has 138 valence electrons. The van der Waals surface area contributed by atoms with Crippen LogP contribution < -0.4 is 10.2 Å². The number of rotatable bonds is 6. The number of carbonyl (C=O) groups is 1. The minimum atomic E-state index is -0.108. The van der Waals surface area contributed by atoms with Crippen LogP contribution in [-0.2, 0) is 17.8 Å². The Morgan fingerprint density at radius 3 is 2.42 bits per heavy atom. The number of pyridine rings is 1. The summed E-state index contributed by atoms with van der Waals surface area (Å²) in [5.74, 6) is 0.782. The molecule has 0 radical (unpaired) electrons. The van der Waals surface area contributed by atoms with Gasteiger partial charge < -0.3 is 19.9 Å². The van der Waals surface area contributed by atoms with Gasteiger partial charge in [-0.1, -0.05) is 24.3 Å². The third-order valence-corrected chi connectivity index (χ3v) is 4.32. The lowest BCUT2D eigenvalue weighted by Gasteiger charge is -2.27. The molecule has 0 atom stereocenters. The molecule has 1 aromatic carbocycles. The molecule has 2 heterocycles. The van der Waals surface area contributed by atoms with E-state index in [0.29, 0.717) is 12.1 Å². The Labute approximate surface area is 154 Å². The maximum absolute atomic E-state index is 12.3. The molecule has 0 aliphatic carbocycles. The van der Waals surface area contributed by atoms with E-state index in [1.807, 2.05) is 26.2 Å². The first-order valence-corrected chi connectivity index (χ1v) is 8.91. The number of nitrogens with one attached hydrogen (secondary N) is 1. The van der Waals surface area contributed by atoms with Crippen LogP contribution >= 0.6 is 0 Å². The fraction of sp³-hybridized carbons (Fsp3) is 0.400. The summed E-state index contributed by atoms with van der Waals surface area (Å²) in [6.45, 7) is 4.53. The van der Waals surface area contributed by atoms with Gasteiger partial charge in [-0.3, -0.25) is 4.79 Å². The van der Waals surface area contributed by atoms with Crippen molar-refractivity contribution in [3.8, 4) is 0 Å². The molecule has 0 bridgehead atoms. The van der Waals surface area contributed by atoms with Crippen LogP contribution in [0.15, 0.2) is 42.6 Å². The molecule has 0 saturated carbocycles. The van der Waals surface area contributed by atoms with Gasteiger partial charge in [-0.05, 0) is 37.4 Å². The molecular weight excluding hydrogens is 328 g/mol. The number of ether oxygens (including phenoxy) is 1. The standard InChI is InChI=1S/C20H26N4O2/c1-23(2)15-17-5-3-16(4-6-17)13-22-20(25)18-7-8-19(21-14-18)24-9-11-26-12-10-24/h3-8,14H,9-13,15H2,1-2H3,(H,22,25). The van der Waals surface area contributed by atoms with Crippen molar-refractivity contribution in [2.75, 3.05) is 45.3 Å². The Kier molecular flexibility index (Phi) is 6.20. The van der Waals surface area contributed by atoms with E-state index in [0.717, 1.165) is 44.2 Å². The normalized spacial score (nSPS) is 14.5. The Hall–Kier alpha value is -2.44. The molecule has 1 aliphatic rings. The molecule has 0 spiro atoms. The average Bonchev–Trinajstić information content (AvgIpc) is 2.67. The summed E-state index contributed by atoms with van der Waals surface area (Å²) in [6, 6.07) is 12.0. The summed E-state index contributed by atoms with van der Waals surface area (Å²) >= 11 is 0. The molecule has 1 fully saturated rings. The third-order valence-electron chi connectivity index (χ3n) is 4.32. The van der Waals surface area contributed by atoms with Gasteiger partial charge in [-0.15, -0.1) is 0 Å². The van der Waals surface area contributed by atoms with Gasteiger partial charge >= 0.3 is 0 Å². The molecule has 1 amide bonds. The van der Waals surface area contributed by atoms with Crippen LogP contribution in [0, 0.1) is 0 Å². The van der Waals surface area contributed by atoms with Crippen molar-refractivity contribution in [2.24, 2.45) is 0 Å². The highest BCUT2D eigenvalue weighted by molar-refractivity contribution is 5.94. The van der Waals surface area contributed by atoms with Gasteiger partial charge in [0, 0.05) is 32.4 Å². The zero-order chi connectivity index (χ0) is 18.4. The topological polar surface area (TPSA) is 57.7 Å². The second-order valence-corrected chi connectivity index (χ2v) is 6.74. The summed E-state index contributed by atoms with van der Waals surface area (Å²) < 4.78 is 5.35. The monoisotopic (exact) mass is 354 g/mol. The van der Waals surface area contributed by atoms with Gasteiger partial charge in [0.1, 0.15) is 5.82 Å². The smallest absolute Gasteiger partial charge is 0.253 e. The highest BCUT2D eigenvalue weighted by Crippen LogP contribution is 2.13. The molecule has 3 rings (SSSR count). The SMILES string of the molecule is CN(C)Cc1ccc(CNC(=O)c2ccc(N3CCOCC3)nc2)cc1. The first-order valence-electron chi connectivity index (χ1n) is 8.91. The first kappa shape index (κ1) is 18.4. The number of benzene rings is 1. The van der Waals surface area contributed by atoms with Crippen LogP contribution in [0.2, 0.25) is 0 Å². The molecule has 26 heavy (non-hydrogen) atoms. The first-order chi connectivity index (χ1) is 12.6. The number of carbonyl (C=O) groups excluding carboxylic acids is 1. The van der Waals surface area contributed by atoms with E-state index in [1.165, 1.54) is 5.56 Å². The number of hydrogen-bond acceptors (Lipinski definition) is 5. The van der Waals surface area contributed by atoms with Crippen molar-refractivity contribution in [2.45, 2.75) is 13.1 Å². The van der Waals surface area contributed by atoms with Crippen molar-refractivity contribution in [1.82, 2.24) is 15.2 Å². The number of aromatic nitrogens is 1. The van der Waals surface area contributed by atoms with Crippen LogP contribution in [0.3, 0.4) is 0 Å². The number of hydrogen-bond donors (Lipinski definition) is 1. The fourth-order valence-electron chi connectivity index (χ4n) is 2.91. The largest absolute Gasteiger partial charge is 0.378 e. The maximum Gasteiger partial charge on any atom is 0.253 e.